The molecule has 8 heteroatoms. The first-order valence-electron chi connectivity index (χ1n) is 5.89. The summed E-state index contributed by atoms with van der Waals surface area (Å²) in [6.45, 7) is 1.90. The lowest BCUT2D eigenvalue weighted by Crippen LogP contribution is -2.07. The molecule has 0 saturated carbocycles. The van der Waals surface area contributed by atoms with E-state index in [0.29, 0.717) is 19.4 Å². The fraction of sp³-hybridized carbons (Fsp3) is 0.231. The summed E-state index contributed by atoms with van der Waals surface area (Å²) in [6.07, 6.45) is 1.15. The maximum absolute atomic E-state index is 11.6. The number of benzene rings is 1. The Balaban J connectivity index is 2.33. The summed E-state index contributed by atoms with van der Waals surface area (Å²) in [7, 11) is -3.29. The van der Waals surface area contributed by atoms with Crippen LogP contribution in [-0.4, -0.2) is 14.7 Å². The zero-order valence-electron chi connectivity index (χ0n) is 11.2. The van der Waals surface area contributed by atoms with Gasteiger partial charge < -0.3 is 5.32 Å². The van der Waals surface area contributed by atoms with Crippen LogP contribution in [0.1, 0.15) is 18.5 Å². The second-order valence-electron chi connectivity index (χ2n) is 4.56. The second kappa shape index (κ2) is 6.34. The van der Waals surface area contributed by atoms with Gasteiger partial charge in [-0.05, 0) is 31.2 Å². The number of halogens is 3. The van der Waals surface area contributed by atoms with Crippen LogP contribution in [0.3, 0.4) is 0 Å². The van der Waals surface area contributed by atoms with Crippen LogP contribution in [0.5, 0.6) is 0 Å². The molecule has 0 bridgehead atoms. The van der Waals surface area contributed by atoms with Crippen LogP contribution in [0.25, 0.3) is 0 Å². The number of anilines is 1. The predicted molar refractivity (Wildman–Crippen MR) is 90.9 cm³/mol. The zero-order chi connectivity index (χ0) is 15.8. The Morgan fingerprint density at radius 1 is 1.19 bits per heavy atom. The second-order valence-corrected chi connectivity index (χ2v) is 9.27. The van der Waals surface area contributed by atoms with Gasteiger partial charge in [-0.2, -0.15) is 0 Å². The summed E-state index contributed by atoms with van der Waals surface area (Å²) >= 11 is 19.4. The molecule has 21 heavy (non-hydrogen) atoms. The third-order valence-electron chi connectivity index (χ3n) is 2.89. The first kappa shape index (κ1) is 16.9. The topological polar surface area (TPSA) is 46.2 Å². The summed E-state index contributed by atoms with van der Waals surface area (Å²) in [5, 5.41) is 3.60. The van der Waals surface area contributed by atoms with Crippen molar-refractivity contribution in [2.24, 2.45) is 0 Å². The van der Waals surface area contributed by atoms with Crippen LogP contribution in [0.4, 0.5) is 5.69 Å². The summed E-state index contributed by atoms with van der Waals surface area (Å²) in [5.41, 5.74) is 1.37. The highest BCUT2D eigenvalue weighted by molar-refractivity contribution is 7.90. The fourth-order valence-electron chi connectivity index (χ4n) is 1.80. The van der Waals surface area contributed by atoms with Crippen molar-refractivity contribution in [1.82, 2.24) is 0 Å². The van der Waals surface area contributed by atoms with Crippen LogP contribution in [0.15, 0.2) is 29.2 Å². The van der Waals surface area contributed by atoms with Gasteiger partial charge in [0.05, 0.1) is 30.3 Å². The SMILES string of the molecule is CC(Nc1cc(S(C)(=O)=O)ccc1Cl)c1cc(Cl)sc1Cl. The Labute approximate surface area is 142 Å². The van der Waals surface area contributed by atoms with Crippen molar-refractivity contribution in [2.45, 2.75) is 17.9 Å². The molecule has 2 aromatic rings. The number of hydrogen-bond donors (Lipinski definition) is 1. The van der Waals surface area contributed by atoms with Gasteiger partial charge in [0.1, 0.15) is 0 Å². The molecule has 114 valence electrons. The molecule has 2 rings (SSSR count). The minimum Gasteiger partial charge on any atom is -0.377 e. The first-order chi connectivity index (χ1) is 9.68. The van der Waals surface area contributed by atoms with E-state index in [9.17, 15) is 8.42 Å². The van der Waals surface area contributed by atoms with Crippen molar-refractivity contribution in [3.8, 4) is 0 Å². The maximum atomic E-state index is 11.6. The van der Waals surface area contributed by atoms with Gasteiger partial charge in [0.15, 0.2) is 9.84 Å². The molecule has 1 N–H and O–H groups in total. The lowest BCUT2D eigenvalue weighted by molar-refractivity contribution is 0.602. The highest BCUT2D eigenvalue weighted by Crippen LogP contribution is 2.37. The van der Waals surface area contributed by atoms with Crippen molar-refractivity contribution in [3.05, 3.63) is 43.5 Å². The van der Waals surface area contributed by atoms with Crippen LogP contribution in [0.2, 0.25) is 13.7 Å². The van der Waals surface area contributed by atoms with E-state index < -0.39 is 9.84 Å². The van der Waals surface area contributed by atoms with Gasteiger partial charge in [-0.25, -0.2) is 8.42 Å². The monoisotopic (exact) mass is 383 g/mol. The van der Waals surface area contributed by atoms with E-state index in [-0.39, 0.29) is 10.9 Å². The summed E-state index contributed by atoms with van der Waals surface area (Å²) in [6, 6.07) is 6.15. The Morgan fingerprint density at radius 2 is 1.86 bits per heavy atom. The highest BCUT2D eigenvalue weighted by atomic mass is 35.5. The minimum absolute atomic E-state index is 0.159. The van der Waals surface area contributed by atoms with E-state index in [1.807, 2.05) is 6.92 Å². The van der Waals surface area contributed by atoms with Crippen molar-refractivity contribution in [3.63, 3.8) is 0 Å². The van der Waals surface area contributed by atoms with Crippen LogP contribution in [0, 0.1) is 0 Å². The van der Waals surface area contributed by atoms with Gasteiger partial charge in [0.25, 0.3) is 0 Å². The molecule has 3 nitrogen and oxygen atoms in total. The third kappa shape index (κ3) is 4.05. The molecule has 1 atom stereocenters. The van der Waals surface area contributed by atoms with E-state index >= 15 is 0 Å². The molecule has 0 saturated heterocycles. The van der Waals surface area contributed by atoms with Gasteiger partial charge in [0.2, 0.25) is 0 Å². The largest absolute Gasteiger partial charge is 0.377 e. The first-order valence-corrected chi connectivity index (χ1v) is 9.73. The molecule has 1 aromatic carbocycles. The van der Waals surface area contributed by atoms with Crippen molar-refractivity contribution in [1.29, 1.82) is 0 Å². The molecule has 0 radical (unpaired) electrons. The molecule has 0 aliphatic rings. The predicted octanol–water partition coefficient (Wildman–Crippen LogP) is 5.28. The Morgan fingerprint density at radius 3 is 2.38 bits per heavy atom. The average Bonchev–Trinajstić information content (AvgIpc) is 2.70. The molecule has 0 amide bonds. The summed E-state index contributed by atoms with van der Waals surface area (Å²) in [4.78, 5) is 0.205. The van der Waals surface area contributed by atoms with E-state index in [0.717, 1.165) is 11.8 Å². The van der Waals surface area contributed by atoms with E-state index in [1.165, 1.54) is 23.5 Å². The molecule has 0 aliphatic heterocycles. The molecule has 0 aliphatic carbocycles. The summed E-state index contributed by atoms with van der Waals surface area (Å²) in [5.74, 6) is 0. The van der Waals surface area contributed by atoms with E-state index in [1.54, 1.807) is 12.1 Å². The van der Waals surface area contributed by atoms with E-state index in [2.05, 4.69) is 5.32 Å². The maximum Gasteiger partial charge on any atom is 0.175 e. The van der Waals surface area contributed by atoms with Gasteiger partial charge in [-0.3, -0.25) is 0 Å². The van der Waals surface area contributed by atoms with Gasteiger partial charge >= 0.3 is 0 Å². The van der Waals surface area contributed by atoms with Crippen LogP contribution in [-0.2, 0) is 9.84 Å². The number of sulfone groups is 1. The quantitative estimate of drug-likeness (QED) is 0.779. The molecule has 0 fully saturated rings. The highest BCUT2D eigenvalue weighted by Gasteiger charge is 2.16. The Bertz CT molecular complexity index is 772. The minimum atomic E-state index is -3.29. The number of hydrogen-bond acceptors (Lipinski definition) is 4. The van der Waals surface area contributed by atoms with Crippen LogP contribution < -0.4 is 5.32 Å². The van der Waals surface area contributed by atoms with Gasteiger partial charge in [-0.15, -0.1) is 11.3 Å². The zero-order valence-corrected chi connectivity index (χ0v) is 15.1. The van der Waals surface area contributed by atoms with Gasteiger partial charge in [-0.1, -0.05) is 34.8 Å². The number of thiophene rings is 1. The molecular formula is C13H12Cl3NO2S2. The Hall–Kier alpha value is -0.460. The molecule has 1 heterocycles. The molecular weight excluding hydrogens is 373 g/mol. The van der Waals surface area contributed by atoms with Gasteiger partial charge in [0, 0.05) is 11.8 Å². The molecule has 0 spiro atoms. The molecule has 1 unspecified atom stereocenters. The lowest BCUT2D eigenvalue weighted by atomic mass is 10.1. The van der Waals surface area contributed by atoms with Crippen molar-refractivity contribution in [2.75, 3.05) is 11.6 Å². The van der Waals surface area contributed by atoms with E-state index in [4.69, 9.17) is 34.8 Å². The summed E-state index contributed by atoms with van der Waals surface area (Å²) < 4.78 is 24.4. The standard InChI is InChI=1S/C13H12Cl3NO2S2/c1-7(9-6-12(15)20-13(9)16)17-11-5-8(21(2,18)19)3-4-10(11)14/h3-7,17H,1-2H3. The van der Waals surface area contributed by atoms with Crippen molar-refractivity contribution < 1.29 is 8.42 Å². The normalized spacial score (nSPS) is 13.2. The fourth-order valence-corrected chi connectivity index (χ4v) is 4.27. The number of rotatable bonds is 4. The van der Waals surface area contributed by atoms with Crippen molar-refractivity contribution >= 4 is 61.7 Å². The Kier molecular flexibility index (Phi) is 5.11. The third-order valence-corrected chi connectivity index (χ3v) is 5.85. The molecule has 1 aromatic heterocycles. The lowest BCUT2D eigenvalue weighted by Gasteiger charge is -2.16. The average molecular weight is 385 g/mol. The number of nitrogens with one attached hydrogen (secondary N) is 1. The van der Waals surface area contributed by atoms with Crippen LogP contribution >= 0.6 is 46.1 Å². The smallest absolute Gasteiger partial charge is 0.175 e.